The maximum Gasteiger partial charge on any atom is 0.472 e. The van der Waals surface area contributed by atoms with E-state index in [1.165, 1.54) is 0 Å². The summed E-state index contributed by atoms with van der Waals surface area (Å²) in [5, 5.41) is 31.4. The second kappa shape index (κ2) is 25.5. The fraction of sp³-hybridized carbons (Fsp3) is 0.314. The highest BCUT2D eigenvalue weighted by Gasteiger charge is 2.56. The molecule has 1 aliphatic rings. The van der Waals surface area contributed by atoms with Gasteiger partial charge in [0.05, 0.1) is 6.61 Å². The molecule has 0 heterocycles. The van der Waals surface area contributed by atoms with Crippen molar-refractivity contribution in [3.05, 3.63) is 0 Å². The Bertz CT molecular complexity index is 2350. The Kier molecular flexibility index (Phi) is 22.0. The topological polar surface area (TPSA) is 303 Å². The SMILES string of the molecule is CC#CC#CC#CC#CC#CC#CC(=O)O[C@H](COC(=O)C#CC#CC#CC#CC#CC)COP(=O)(O)OC1C(O)[C@@H](OP(=O)(O)O)C(O)[C@@H](OP(=O)(O)O)[C@H]1O. The molecule has 0 aromatic carbocycles. The predicted molar refractivity (Wildman–Crippen MR) is 190 cm³/mol. The van der Waals surface area contributed by atoms with Gasteiger partial charge in [-0.05, 0) is 120 Å². The van der Waals surface area contributed by atoms with E-state index < -0.39 is 91.3 Å². The van der Waals surface area contributed by atoms with Gasteiger partial charge < -0.3 is 49.3 Å². The maximum atomic E-state index is 12.9. The summed E-state index contributed by atoms with van der Waals surface area (Å²) in [6, 6.07) is 0. The quantitative estimate of drug-likeness (QED) is 0.0422. The summed E-state index contributed by atoms with van der Waals surface area (Å²) >= 11 is 0. The van der Waals surface area contributed by atoms with Crippen LogP contribution in [0.3, 0.4) is 0 Å². The van der Waals surface area contributed by atoms with Crippen LogP contribution in [0.25, 0.3) is 0 Å². The number of esters is 2. The molecule has 294 valence electrons. The first-order chi connectivity index (χ1) is 26.8. The number of carbonyl (C=O) groups excluding carboxylic acids is 2. The third-order valence-corrected chi connectivity index (χ3v) is 7.49. The molecule has 0 saturated heterocycles. The van der Waals surface area contributed by atoms with Crippen LogP contribution in [0.2, 0.25) is 0 Å². The summed E-state index contributed by atoms with van der Waals surface area (Å²) in [6.45, 7) is 1.02. The zero-order valence-corrected chi connectivity index (χ0v) is 31.5. The Balaban J connectivity index is 3.24. The Labute approximate surface area is 325 Å². The number of phosphoric ester groups is 3. The first-order valence-electron chi connectivity index (χ1n) is 14.7. The van der Waals surface area contributed by atoms with Gasteiger partial charge in [0.2, 0.25) is 0 Å². The molecule has 0 aromatic rings. The van der Waals surface area contributed by atoms with Crippen molar-refractivity contribution in [3.63, 3.8) is 0 Å². The maximum absolute atomic E-state index is 12.9. The van der Waals surface area contributed by atoms with Crippen molar-refractivity contribution in [1.82, 2.24) is 0 Å². The standard InChI is InChI=1S/C35H25O19P3/c1-3-5-7-9-11-13-14-16-18-20-22-24-29(37)51-27(25-49-28(36)23-21-19-17-15-12-10-8-6-4-2)26-50-57(47,48)54-35-31(39)33(52-55(41,42)43)30(38)34(32(35)40)53-56(44,45)46/h27,30-35,38-40H,25-26H2,1-2H3,(H,47,48)(H2,41,42,43)(H2,44,45,46)/t27-,30?,31-,32?,33-,34+,35?/m1/s1. The zero-order chi connectivity index (χ0) is 42.9. The van der Waals surface area contributed by atoms with E-state index in [0.29, 0.717) is 0 Å². The molecule has 22 heteroatoms. The molecule has 57 heavy (non-hydrogen) atoms. The van der Waals surface area contributed by atoms with Gasteiger partial charge in [-0.1, -0.05) is 11.8 Å². The van der Waals surface area contributed by atoms with E-state index in [2.05, 4.69) is 127 Å². The van der Waals surface area contributed by atoms with E-state index in [1.807, 2.05) is 11.8 Å². The summed E-state index contributed by atoms with van der Waals surface area (Å²) in [7, 11) is -16.9. The molecule has 0 bridgehead atoms. The van der Waals surface area contributed by atoms with E-state index in [1.54, 1.807) is 13.8 Å². The summed E-state index contributed by atoms with van der Waals surface area (Å²) in [5.74, 6) is 47.9. The van der Waals surface area contributed by atoms with Crippen LogP contribution < -0.4 is 0 Å². The number of rotatable bonds is 12. The number of aliphatic hydroxyl groups excluding tert-OH is 3. The van der Waals surface area contributed by atoms with Crippen LogP contribution >= 0.6 is 23.5 Å². The van der Waals surface area contributed by atoms with Gasteiger partial charge >= 0.3 is 35.4 Å². The molecule has 4 unspecified atom stereocenters. The molecule has 19 nitrogen and oxygen atoms in total. The molecule has 0 aromatic heterocycles. The third kappa shape index (κ3) is 22.5. The van der Waals surface area contributed by atoms with Gasteiger partial charge in [-0.3, -0.25) is 18.1 Å². The van der Waals surface area contributed by atoms with Crippen LogP contribution in [0.15, 0.2) is 0 Å². The molecule has 1 rings (SSSR count). The lowest BCUT2D eigenvalue weighted by Gasteiger charge is -2.44. The van der Waals surface area contributed by atoms with Crippen molar-refractivity contribution in [2.24, 2.45) is 0 Å². The second-order valence-corrected chi connectivity index (χ2v) is 13.3. The molecule has 0 spiro atoms. The average molecular weight is 842 g/mol. The van der Waals surface area contributed by atoms with Crippen LogP contribution in [0.1, 0.15) is 13.8 Å². The minimum absolute atomic E-state index is 0.942. The highest BCUT2D eigenvalue weighted by molar-refractivity contribution is 7.47. The molecule has 0 amide bonds. The first-order valence-corrected chi connectivity index (χ1v) is 19.3. The molecule has 1 saturated carbocycles. The van der Waals surface area contributed by atoms with Crippen molar-refractivity contribution in [3.8, 4) is 130 Å². The number of hydrogen-bond donors (Lipinski definition) is 8. The van der Waals surface area contributed by atoms with Crippen molar-refractivity contribution in [2.45, 2.75) is 56.6 Å². The van der Waals surface area contributed by atoms with Crippen LogP contribution in [-0.4, -0.2) is 108 Å². The summed E-state index contributed by atoms with van der Waals surface area (Å²) < 4.78 is 63.4. The van der Waals surface area contributed by atoms with E-state index in [0.717, 1.165) is 0 Å². The lowest BCUT2D eigenvalue weighted by Crippen LogP contribution is -2.65. The largest absolute Gasteiger partial charge is 0.472 e. The molecular formula is C35H25O19P3. The van der Waals surface area contributed by atoms with E-state index in [4.69, 9.17) is 18.5 Å². The number of phosphoric acid groups is 3. The van der Waals surface area contributed by atoms with Gasteiger partial charge in [-0.15, -0.1) is 0 Å². The molecule has 8 atom stereocenters. The lowest BCUT2D eigenvalue weighted by atomic mass is 9.85. The van der Waals surface area contributed by atoms with Crippen LogP contribution in [-0.2, 0) is 50.9 Å². The number of hydrogen-bond acceptors (Lipinski definition) is 14. The zero-order valence-electron chi connectivity index (χ0n) is 28.9. The highest BCUT2D eigenvalue weighted by Crippen LogP contribution is 2.50. The highest BCUT2D eigenvalue weighted by atomic mass is 31.2. The summed E-state index contributed by atoms with van der Waals surface area (Å²) in [6.07, 6.45) is -17.3. The smallest absolute Gasteiger partial charge is 0.452 e. The van der Waals surface area contributed by atoms with E-state index in [-0.39, 0.29) is 0 Å². The lowest BCUT2D eigenvalue weighted by molar-refractivity contribution is -0.213. The third-order valence-electron chi connectivity index (χ3n) is 5.47. The van der Waals surface area contributed by atoms with Gasteiger partial charge in [0.1, 0.15) is 43.2 Å². The Morgan fingerprint density at radius 1 is 0.509 bits per heavy atom. The van der Waals surface area contributed by atoms with E-state index >= 15 is 0 Å². The second-order valence-electron chi connectivity index (χ2n) is 9.55. The van der Waals surface area contributed by atoms with Gasteiger partial charge in [-0.25, -0.2) is 23.3 Å². The summed E-state index contributed by atoms with van der Waals surface area (Å²) in [4.78, 5) is 71.5. The van der Waals surface area contributed by atoms with Crippen molar-refractivity contribution in [2.75, 3.05) is 13.2 Å². The number of carbonyl (C=O) groups is 2. The Hall–Kier alpha value is -5.69. The molecular weight excluding hydrogens is 817 g/mol. The first kappa shape index (κ1) is 49.3. The van der Waals surface area contributed by atoms with Crippen LogP contribution in [0.4, 0.5) is 0 Å². The van der Waals surface area contributed by atoms with Gasteiger partial charge in [0.15, 0.2) is 6.10 Å². The monoisotopic (exact) mass is 842 g/mol. The normalized spacial score (nSPS) is 20.1. The minimum Gasteiger partial charge on any atom is -0.452 e. The molecule has 0 radical (unpaired) electrons. The molecule has 0 aliphatic heterocycles. The molecule has 1 aliphatic carbocycles. The Morgan fingerprint density at radius 2 is 0.842 bits per heavy atom. The fourth-order valence-electron chi connectivity index (χ4n) is 3.45. The fourth-order valence-corrected chi connectivity index (χ4v) is 5.55. The van der Waals surface area contributed by atoms with Crippen LogP contribution in [0, 0.1) is 130 Å². The van der Waals surface area contributed by atoms with Gasteiger partial charge in [0, 0.05) is 11.8 Å². The average Bonchev–Trinajstić information content (AvgIpc) is 3.12. The Morgan fingerprint density at radius 3 is 1.21 bits per heavy atom. The van der Waals surface area contributed by atoms with Crippen molar-refractivity contribution in [1.29, 1.82) is 0 Å². The summed E-state index contributed by atoms with van der Waals surface area (Å²) in [5.41, 5.74) is 0. The van der Waals surface area contributed by atoms with Crippen molar-refractivity contribution < 1.29 is 90.6 Å². The van der Waals surface area contributed by atoms with Gasteiger partial charge in [-0.2, -0.15) is 0 Å². The minimum atomic E-state index is -5.65. The van der Waals surface area contributed by atoms with Crippen LogP contribution in [0.5, 0.6) is 0 Å². The van der Waals surface area contributed by atoms with E-state index in [9.17, 15) is 63.1 Å². The van der Waals surface area contributed by atoms with Crippen molar-refractivity contribution >= 4 is 35.4 Å². The predicted octanol–water partition coefficient (Wildman–Crippen LogP) is -2.93. The number of ether oxygens (including phenoxy) is 2. The molecule has 1 fully saturated rings. The number of aliphatic hydroxyl groups is 3. The molecule has 8 N–H and O–H groups in total. The van der Waals surface area contributed by atoms with Gasteiger partial charge in [0.25, 0.3) is 0 Å².